The smallest absolute Gasteiger partial charge is 0.226 e. The lowest BCUT2D eigenvalue weighted by Crippen LogP contribution is -2.44. The fraction of sp³-hybridized carbons (Fsp3) is 0.409. The molecule has 1 aromatic carbocycles. The van der Waals surface area contributed by atoms with Crippen molar-refractivity contribution in [3.05, 3.63) is 53.7 Å². The molecule has 2 N–H and O–H groups in total. The first-order valence-electron chi connectivity index (χ1n) is 9.94. The Morgan fingerprint density at radius 1 is 1.07 bits per heavy atom. The topological polar surface area (TPSA) is 77.6 Å². The quantitative estimate of drug-likeness (QED) is 0.785. The maximum Gasteiger partial charge on any atom is 0.226 e. The number of nitrogens with one attached hydrogen (secondary N) is 2. The second-order valence-electron chi connectivity index (χ2n) is 7.61. The number of carbonyl (C=O) groups is 2. The highest BCUT2D eigenvalue weighted by Crippen LogP contribution is 2.20. The predicted molar refractivity (Wildman–Crippen MR) is 115 cm³/mol. The molecule has 1 aliphatic rings. The molecule has 7 nitrogen and oxygen atoms in total. The normalized spacial score (nSPS) is 15.6. The molecule has 1 fully saturated rings. The third-order valence-electron chi connectivity index (χ3n) is 5.11. The first-order valence-corrected chi connectivity index (χ1v) is 9.94. The van der Waals surface area contributed by atoms with Gasteiger partial charge in [0, 0.05) is 33.1 Å². The average Bonchev–Trinajstić information content (AvgIpc) is 2.69. The SMILES string of the molecule is CC(=O)N[C@H](CC(=O)Nc1ccc(N2CCN(C)CC2)nc1)c1ccc(C)cc1. The van der Waals surface area contributed by atoms with E-state index in [0.717, 1.165) is 43.1 Å². The number of benzene rings is 1. The minimum atomic E-state index is -0.370. The number of rotatable bonds is 6. The van der Waals surface area contributed by atoms with Gasteiger partial charge in [-0.3, -0.25) is 9.59 Å². The van der Waals surface area contributed by atoms with Gasteiger partial charge in [-0.2, -0.15) is 0 Å². The predicted octanol–water partition coefficient (Wildman–Crippen LogP) is 2.35. The summed E-state index contributed by atoms with van der Waals surface area (Å²) >= 11 is 0. The Balaban J connectivity index is 1.60. The molecular weight excluding hydrogens is 366 g/mol. The van der Waals surface area contributed by atoms with Crippen molar-refractivity contribution >= 4 is 23.3 Å². The number of amides is 2. The van der Waals surface area contributed by atoms with Crippen LogP contribution in [-0.2, 0) is 9.59 Å². The minimum absolute atomic E-state index is 0.156. The van der Waals surface area contributed by atoms with Crippen LogP contribution in [0.3, 0.4) is 0 Å². The van der Waals surface area contributed by atoms with Gasteiger partial charge >= 0.3 is 0 Å². The fourth-order valence-electron chi connectivity index (χ4n) is 3.38. The summed E-state index contributed by atoms with van der Waals surface area (Å²) < 4.78 is 0. The maximum atomic E-state index is 12.6. The van der Waals surface area contributed by atoms with Gasteiger partial charge < -0.3 is 20.4 Å². The average molecular weight is 396 g/mol. The Morgan fingerprint density at radius 2 is 1.76 bits per heavy atom. The zero-order chi connectivity index (χ0) is 20.8. The molecule has 2 heterocycles. The second kappa shape index (κ2) is 9.52. The van der Waals surface area contributed by atoms with E-state index in [-0.39, 0.29) is 24.3 Å². The number of pyridine rings is 1. The van der Waals surface area contributed by atoms with E-state index in [0.29, 0.717) is 5.69 Å². The minimum Gasteiger partial charge on any atom is -0.354 e. The number of hydrogen-bond acceptors (Lipinski definition) is 5. The van der Waals surface area contributed by atoms with E-state index in [2.05, 4.69) is 32.5 Å². The standard InChI is InChI=1S/C22H29N5O2/c1-16-4-6-18(7-5-16)20(24-17(2)28)14-22(29)25-19-8-9-21(23-15-19)27-12-10-26(3)11-13-27/h4-9,15,20H,10-14H2,1-3H3,(H,24,28)(H,25,29)/t20-/m1/s1. The number of aromatic nitrogens is 1. The third kappa shape index (κ3) is 6.02. The molecule has 1 aromatic heterocycles. The van der Waals surface area contributed by atoms with E-state index in [4.69, 9.17) is 0 Å². The fourth-order valence-corrected chi connectivity index (χ4v) is 3.38. The van der Waals surface area contributed by atoms with Crippen molar-refractivity contribution in [1.29, 1.82) is 0 Å². The molecule has 1 saturated heterocycles. The van der Waals surface area contributed by atoms with Crippen LogP contribution in [0.5, 0.6) is 0 Å². The molecule has 3 rings (SSSR count). The molecule has 0 aliphatic carbocycles. The van der Waals surface area contributed by atoms with Gasteiger partial charge in [-0.15, -0.1) is 0 Å². The molecule has 0 unspecified atom stereocenters. The summed E-state index contributed by atoms with van der Waals surface area (Å²) in [5, 5.41) is 5.75. The number of piperazine rings is 1. The summed E-state index contributed by atoms with van der Waals surface area (Å²) in [5.74, 6) is 0.590. The van der Waals surface area contributed by atoms with Gasteiger partial charge in [0.15, 0.2) is 0 Å². The first kappa shape index (κ1) is 20.8. The highest BCUT2D eigenvalue weighted by molar-refractivity contribution is 5.91. The van der Waals surface area contributed by atoms with E-state index in [1.807, 2.05) is 43.3 Å². The molecule has 154 valence electrons. The lowest BCUT2D eigenvalue weighted by atomic mass is 10.0. The van der Waals surface area contributed by atoms with Gasteiger partial charge in [-0.25, -0.2) is 4.98 Å². The Hall–Kier alpha value is -2.93. The van der Waals surface area contributed by atoms with Gasteiger partial charge in [-0.05, 0) is 31.7 Å². The van der Waals surface area contributed by atoms with Crippen LogP contribution in [-0.4, -0.2) is 54.9 Å². The Bertz CT molecular complexity index is 827. The van der Waals surface area contributed by atoms with Crippen LogP contribution < -0.4 is 15.5 Å². The van der Waals surface area contributed by atoms with Crippen molar-refractivity contribution in [2.24, 2.45) is 0 Å². The van der Waals surface area contributed by atoms with Crippen LogP contribution in [0.2, 0.25) is 0 Å². The molecule has 7 heteroatoms. The number of anilines is 2. The van der Waals surface area contributed by atoms with Gasteiger partial charge in [0.25, 0.3) is 0 Å². The molecule has 0 saturated carbocycles. The third-order valence-corrected chi connectivity index (χ3v) is 5.11. The van der Waals surface area contributed by atoms with Crippen LogP contribution in [0.1, 0.15) is 30.5 Å². The van der Waals surface area contributed by atoms with Crippen LogP contribution in [0.15, 0.2) is 42.6 Å². The molecule has 2 amide bonds. The van der Waals surface area contributed by atoms with Crippen LogP contribution in [0.25, 0.3) is 0 Å². The van der Waals surface area contributed by atoms with Crippen molar-refractivity contribution in [2.75, 3.05) is 43.4 Å². The van der Waals surface area contributed by atoms with Crippen LogP contribution >= 0.6 is 0 Å². The van der Waals surface area contributed by atoms with E-state index < -0.39 is 0 Å². The first-order chi connectivity index (χ1) is 13.9. The molecule has 0 bridgehead atoms. The zero-order valence-corrected chi connectivity index (χ0v) is 17.3. The number of nitrogens with zero attached hydrogens (tertiary/aromatic N) is 3. The summed E-state index contributed by atoms with van der Waals surface area (Å²) in [7, 11) is 2.12. The number of aryl methyl sites for hydroxylation is 1. The summed E-state index contributed by atoms with van der Waals surface area (Å²) in [5.41, 5.74) is 2.69. The lowest BCUT2D eigenvalue weighted by molar-refractivity contribution is -0.120. The van der Waals surface area contributed by atoms with Gasteiger partial charge in [0.2, 0.25) is 11.8 Å². The van der Waals surface area contributed by atoms with Crippen molar-refractivity contribution < 1.29 is 9.59 Å². The van der Waals surface area contributed by atoms with E-state index >= 15 is 0 Å². The summed E-state index contributed by atoms with van der Waals surface area (Å²) in [6.45, 7) is 7.39. The largest absolute Gasteiger partial charge is 0.354 e. The highest BCUT2D eigenvalue weighted by Gasteiger charge is 2.18. The molecule has 2 aromatic rings. The highest BCUT2D eigenvalue weighted by atomic mass is 16.2. The van der Waals surface area contributed by atoms with Gasteiger partial charge in [0.05, 0.1) is 24.3 Å². The Kier molecular flexibility index (Phi) is 6.82. The number of likely N-dealkylation sites (N-methyl/N-ethyl adjacent to an activating group) is 1. The molecule has 0 spiro atoms. The summed E-state index contributed by atoms with van der Waals surface area (Å²) in [4.78, 5) is 33.2. The maximum absolute atomic E-state index is 12.6. The Morgan fingerprint density at radius 3 is 2.34 bits per heavy atom. The lowest BCUT2D eigenvalue weighted by Gasteiger charge is -2.33. The zero-order valence-electron chi connectivity index (χ0n) is 17.3. The second-order valence-corrected chi connectivity index (χ2v) is 7.61. The van der Waals surface area contributed by atoms with Crippen LogP contribution in [0.4, 0.5) is 11.5 Å². The number of hydrogen-bond donors (Lipinski definition) is 2. The van der Waals surface area contributed by atoms with E-state index in [1.54, 1.807) is 6.20 Å². The van der Waals surface area contributed by atoms with Crippen molar-refractivity contribution in [2.45, 2.75) is 26.3 Å². The molecule has 0 radical (unpaired) electrons. The van der Waals surface area contributed by atoms with Crippen LogP contribution in [0, 0.1) is 6.92 Å². The van der Waals surface area contributed by atoms with Crippen molar-refractivity contribution in [3.8, 4) is 0 Å². The Labute approximate surface area is 172 Å². The monoisotopic (exact) mass is 395 g/mol. The van der Waals surface area contributed by atoms with Crippen molar-refractivity contribution in [1.82, 2.24) is 15.2 Å². The van der Waals surface area contributed by atoms with E-state index in [1.165, 1.54) is 6.92 Å². The van der Waals surface area contributed by atoms with Crippen molar-refractivity contribution in [3.63, 3.8) is 0 Å². The summed E-state index contributed by atoms with van der Waals surface area (Å²) in [6.07, 6.45) is 1.84. The van der Waals surface area contributed by atoms with Gasteiger partial charge in [0.1, 0.15) is 5.82 Å². The van der Waals surface area contributed by atoms with E-state index in [9.17, 15) is 9.59 Å². The van der Waals surface area contributed by atoms with Gasteiger partial charge in [-0.1, -0.05) is 29.8 Å². The molecular formula is C22H29N5O2. The summed E-state index contributed by atoms with van der Waals surface area (Å²) in [6, 6.07) is 11.3. The molecule has 29 heavy (non-hydrogen) atoms. The number of carbonyl (C=O) groups excluding carboxylic acids is 2. The molecule has 1 aliphatic heterocycles. The molecule has 1 atom stereocenters.